The zero-order valence-corrected chi connectivity index (χ0v) is 22.5. The van der Waals surface area contributed by atoms with Crippen LogP contribution in [0, 0.1) is 5.92 Å². The van der Waals surface area contributed by atoms with E-state index in [2.05, 4.69) is 4.98 Å². The van der Waals surface area contributed by atoms with E-state index in [1.807, 2.05) is 24.3 Å². The van der Waals surface area contributed by atoms with Gasteiger partial charge in [-0.15, -0.1) is 0 Å². The van der Waals surface area contributed by atoms with Gasteiger partial charge < -0.3 is 19.3 Å². The van der Waals surface area contributed by atoms with Crippen molar-refractivity contribution in [1.82, 2.24) is 9.29 Å². The summed E-state index contributed by atoms with van der Waals surface area (Å²) in [4.78, 5) is 16.8. The van der Waals surface area contributed by atoms with Gasteiger partial charge in [-0.1, -0.05) is 24.3 Å². The molecule has 1 spiro atoms. The van der Waals surface area contributed by atoms with Crippen LogP contribution in [0.1, 0.15) is 31.2 Å². The van der Waals surface area contributed by atoms with E-state index in [1.165, 1.54) is 12.1 Å². The van der Waals surface area contributed by atoms with E-state index < -0.39 is 33.7 Å². The molecule has 2 fully saturated rings. The smallest absolute Gasteiger partial charge is 0.322 e. The largest absolute Gasteiger partial charge is 0.497 e. The van der Waals surface area contributed by atoms with Gasteiger partial charge in [0.2, 0.25) is 10.0 Å². The van der Waals surface area contributed by atoms with Gasteiger partial charge in [-0.2, -0.15) is 4.31 Å². The first-order valence-corrected chi connectivity index (χ1v) is 14.4. The van der Waals surface area contributed by atoms with E-state index in [1.54, 1.807) is 43.8 Å². The summed E-state index contributed by atoms with van der Waals surface area (Å²) in [7, 11) is -2.58. The molecule has 0 radical (unpaired) electrons. The summed E-state index contributed by atoms with van der Waals surface area (Å²) >= 11 is 0. The van der Waals surface area contributed by atoms with Crippen LogP contribution in [0.5, 0.6) is 5.75 Å². The Hall–Kier alpha value is -3.31. The highest BCUT2D eigenvalue weighted by Gasteiger charge is 2.47. The number of nitrogens with zero attached hydrogens (tertiary/aromatic N) is 2. The summed E-state index contributed by atoms with van der Waals surface area (Å²) in [6, 6.07) is 16.1. The second-order valence-electron chi connectivity index (χ2n) is 9.89. The molecule has 1 aromatic heterocycles. The molecule has 39 heavy (non-hydrogen) atoms. The van der Waals surface area contributed by atoms with E-state index in [-0.39, 0.29) is 11.4 Å². The zero-order chi connectivity index (χ0) is 27.5. The predicted molar refractivity (Wildman–Crippen MR) is 143 cm³/mol. The number of carboxylic acids is 1. The van der Waals surface area contributed by atoms with Gasteiger partial charge in [0, 0.05) is 31.8 Å². The highest BCUT2D eigenvalue weighted by Crippen LogP contribution is 2.41. The van der Waals surface area contributed by atoms with Gasteiger partial charge in [0.1, 0.15) is 11.8 Å². The summed E-state index contributed by atoms with van der Waals surface area (Å²) < 4.78 is 46.1. The van der Waals surface area contributed by atoms with Crippen LogP contribution in [0.2, 0.25) is 0 Å². The molecule has 0 bridgehead atoms. The van der Waals surface area contributed by atoms with Gasteiger partial charge in [-0.3, -0.25) is 9.78 Å². The summed E-state index contributed by atoms with van der Waals surface area (Å²) in [6.45, 7) is 0.945. The summed E-state index contributed by atoms with van der Waals surface area (Å²) in [5.41, 5.74) is 2.40. The Kier molecular flexibility index (Phi) is 7.99. The van der Waals surface area contributed by atoms with Crippen molar-refractivity contribution in [3.05, 3.63) is 78.6 Å². The van der Waals surface area contributed by atoms with Gasteiger partial charge >= 0.3 is 5.97 Å². The third-order valence-corrected chi connectivity index (χ3v) is 9.43. The van der Waals surface area contributed by atoms with Crippen molar-refractivity contribution in [3.8, 4) is 16.9 Å². The topological polar surface area (TPSA) is 115 Å². The molecule has 206 valence electrons. The van der Waals surface area contributed by atoms with E-state index in [0.29, 0.717) is 44.5 Å². The third kappa shape index (κ3) is 5.84. The van der Waals surface area contributed by atoms with Crippen LogP contribution in [0.15, 0.2) is 78.0 Å². The summed E-state index contributed by atoms with van der Waals surface area (Å²) in [5, 5.41) is 10.4. The molecule has 1 atom stereocenters. The SMILES string of the molecule is COc1ccc(-c2ccc(S(=O)(=O)N(Cc3ccncc3)C(C(=O)O)C3CCC4(CC3)OCCO4)cc2)cc1. The van der Waals surface area contributed by atoms with E-state index in [0.717, 1.165) is 21.2 Å². The molecule has 1 aliphatic carbocycles. The zero-order valence-electron chi connectivity index (χ0n) is 21.7. The number of rotatable bonds is 9. The highest BCUT2D eigenvalue weighted by molar-refractivity contribution is 7.89. The lowest BCUT2D eigenvalue weighted by atomic mass is 9.80. The second-order valence-corrected chi connectivity index (χ2v) is 11.8. The van der Waals surface area contributed by atoms with E-state index in [4.69, 9.17) is 14.2 Å². The average molecular weight is 553 g/mol. The number of carboxylic acid groups (broad SMARTS) is 1. The standard InChI is InChI=1S/C29H32N2O7S/c1-36-25-6-2-22(3-7-25)23-4-8-26(9-5-23)39(34,35)31(20-21-12-16-30-17-13-21)27(28(32)33)24-10-14-29(15-11-24)37-18-19-38-29/h2-9,12-13,16-17,24,27H,10-11,14-15,18-20H2,1H3,(H,32,33). The van der Waals surface area contributed by atoms with Crippen LogP contribution in [-0.4, -0.2) is 60.9 Å². The minimum atomic E-state index is -4.18. The number of hydrogen-bond acceptors (Lipinski definition) is 7. The van der Waals surface area contributed by atoms with Gasteiger partial charge in [-0.05, 0) is 71.8 Å². The third-order valence-electron chi connectivity index (χ3n) is 7.59. The number of hydrogen-bond donors (Lipinski definition) is 1. The minimum Gasteiger partial charge on any atom is -0.497 e. The molecule has 5 rings (SSSR count). The number of benzene rings is 2. The first kappa shape index (κ1) is 27.3. The number of aromatic nitrogens is 1. The van der Waals surface area contributed by atoms with Gasteiger partial charge in [-0.25, -0.2) is 8.42 Å². The Morgan fingerprint density at radius 3 is 2.10 bits per heavy atom. The Labute approximate surface area is 228 Å². The van der Waals surface area contributed by atoms with Crippen molar-refractivity contribution in [2.45, 2.75) is 49.0 Å². The summed E-state index contributed by atoms with van der Waals surface area (Å²) in [6.07, 6.45) is 5.16. The maximum absolute atomic E-state index is 14.1. The molecule has 2 heterocycles. The van der Waals surface area contributed by atoms with Crippen LogP contribution < -0.4 is 4.74 Å². The normalized spacial score (nSPS) is 18.3. The number of methoxy groups -OCH3 is 1. The van der Waals surface area contributed by atoms with Crippen molar-refractivity contribution >= 4 is 16.0 Å². The first-order chi connectivity index (χ1) is 18.8. The van der Waals surface area contributed by atoms with Crippen molar-refractivity contribution in [2.24, 2.45) is 5.92 Å². The quantitative estimate of drug-likeness (QED) is 0.417. The van der Waals surface area contributed by atoms with Gasteiger partial charge in [0.15, 0.2) is 5.79 Å². The first-order valence-electron chi connectivity index (χ1n) is 13.0. The van der Waals surface area contributed by atoms with Crippen molar-refractivity contribution in [1.29, 1.82) is 0 Å². The molecule has 9 nitrogen and oxygen atoms in total. The fourth-order valence-corrected chi connectivity index (χ4v) is 7.11. The van der Waals surface area contributed by atoms with Crippen LogP contribution in [-0.2, 0) is 30.8 Å². The molecule has 2 aliphatic rings. The fraction of sp³-hybridized carbons (Fsp3) is 0.379. The molecule has 2 aromatic carbocycles. The Morgan fingerprint density at radius 1 is 1.00 bits per heavy atom. The number of carbonyl (C=O) groups is 1. The number of sulfonamides is 1. The molecule has 0 amide bonds. The fourth-order valence-electron chi connectivity index (χ4n) is 5.48. The molecule has 1 N–H and O–H groups in total. The number of pyridine rings is 1. The van der Waals surface area contributed by atoms with Gasteiger partial charge in [0.05, 0.1) is 25.2 Å². The predicted octanol–water partition coefficient (Wildman–Crippen LogP) is 4.33. The molecule has 10 heteroatoms. The lowest BCUT2D eigenvalue weighted by Crippen LogP contribution is -2.51. The Bertz CT molecular complexity index is 1360. The lowest BCUT2D eigenvalue weighted by Gasteiger charge is -2.40. The van der Waals surface area contributed by atoms with Crippen LogP contribution in [0.3, 0.4) is 0 Å². The summed E-state index contributed by atoms with van der Waals surface area (Å²) in [5.74, 6) is -1.51. The maximum atomic E-state index is 14.1. The van der Waals surface area contributed by atoms with Crippen LogP contribution >= 0.6 is 0 Å². The molecular weight excluding hydrogens is 520 g/mol. The molecule has 3 aromatic rings. The van der Waals surface area contributed by atoms with Crippen LogP contribution in [0.4, 0.5) is 0 Å². The van der Waals surface area contributed by atoms with E-state index in [9.17, 15) is 18.3 Å². The Balaban J connectivity index is 1.46. The van der Waals surface area contributed by atoms with E-state index >= 15 is 0 Å². The maximum Gasteiger partial charge on any atom is 0.322 e. The minimum absolute atomic E-state index is 0.0369. The van der Waals surface area contributed by atoms with Crippen molar-refractivity contribution in [3.63, 3.8) is 0 Å². The molecule has 1 saturated carbocycles. The van der Waals surface area contributed by atoms with Gasteiger partial charge in [0.25, 0.3) is 0 Å². The average Bonchev–Trinajstić information content (AvgIpc) is 3.42. The highest BCUT2D eigenvalue weighted by atomic mass is 32.2. The Morgan fingerprint density at radius 2 is 1.56 bits per heavy atom. The number of aliphatic carboxylic acids is 1. The molecule has 1 saturated heterocycles. The lowest BCUT2D eigenvalue weighted by molar-refractivity contribution is -0.186. The molecule has 1 unspecified atom stereocenters. The molecular formula is C29H32N2O7S. The van der Waals surface area contributed by atoms with Crippen molar-refractivity contribution < 1.29 is 32.5 Å². The molecule has 1 aliphatic heterocycles. The van der Waals surface area contributed by atoms with Crippen LogP contribution in [0.25, 0.3) is 11.1 Å². The second kappa shape index (κ2) is 11.4. The monoisotopic (exact) mass is 552 g/mol. The van der Waals surface area contributed by atoms with Crippen molar-refractivity contribution in [2.75, 3.05) is 20.3 Å². The number of ether oxygens (including phenoxy) is 3.